The van der Waals surface area contributed by atoms with Gasteiger partial charge in [0, 0.05) is 10.6 Å². The highest BCUT2D eigenvalue weighted by molar-refractivity contribution is 6.33. The van der Waals surface area contributed by atoms with Crippen molar-refractivity contribution in [2.75, 3.05) is 5.73 Å². The summed E-state index contributed by atoms with van der Waals surface area (Å²) in [7, 11) is 0. The molecule has 3 aromatic rings. The summed E-state index contributed by atoms with van der Waals surface area (Å²) in [4.78, 5) is 0. The van der Waals surface area contributed by atoms with E-state index in [1.807, 2.05) is 36.4 Å². The predicted octanol–water partition coefficient (Wildman–Crippen LogP) is 3.28. The van der Waals surface area contributed by atoms with Crippen molar-refractivity contribution in [1.82, 2.24) is 20.2 Å². The molecule has 1 aromatic heterocycles. The number of tetrazole rings is 1. The summed E-state index contributed by atoms with van der Waals surface area (Å²) >= 11 is 11.9. The van der Waals surface area contributed by atoms with Gasteiger partial charge in [-0.3, -0.25) is 0 Å². The summed E-state index contributed by atoms with van der Waals surface area (Å²) < 4.78 is 1.67. The van der Waals surface area contributed by atoms with Gasteiger partial charge in [-0.2, -0.15) is 0 Å². The third-order valence-corrected chi connectivity index (χ3v) is 3.65. The van der Waals surface area contributed by atoms with Crippen molar-refractivity contribution in [1.29, 1.82) is 0 Å². The van der Waals surface area contributed by atoms with E-state index in [4.69, 9.17) is 28.9 Å². The Hall–Kier alpha value is -2.11. The Bertz CT molecular complexity index is 767. The van der Waals surface area contributed by atoms with Crippen LogP contribution in [0.3, 0.4) is 0 Å². The number of hydrogen-bond acceptors (Lipinski definition) is 4. The van der Waals surface area contributed by atoms with Crippen molar-refractivity contribution in [2.24, 2.45) is 0 Å². The Balaban J connectivity index is 1.97. The molecule has 0 bridgehead atoms. The molecule has 7 heteroatoms. The molecular formula is C14H11Cl2N5. The van der Waals surface area contributed by atoms with Crippen LogP contribution in [0.2, 0.25) is 10.0 Å². The van der Waals surface area contributed by atoms with Crippen LogP contribution < -0.4 is 5.73 Å². The van der Waals surface area contributed by atoms with Crippen molar-refractivity contribution >= 4 is 28.9 Å². The molecule has 0 radical (unpaired) electrons. The standard InChI is InChI=1S/C14H11Cl2N5/c15-10-6-4-9(5-7-10)8-21-14(18-19-20-21)11-2-1-3-12(16)13(11)17/h1-7H,8,17H2. The number of nitrogens with two attached hydrogens (primary N) is 1. The number of halogens is 2. The molecule has 0 saturated heterocycles. The Labute approximate surface area is 131 Å². The number of rotatable bonds is 3. The summed E-state index contributed by atoms with van der Waals surface area (Å²) in [6.45, 7) is 0.519. The van der Waals surface area contributed by atoms with Gasteiger partial charge in [-0.15, -0.1) is 5.10 Å². The average Bonchev–Trinajstić information content (AvgIpc) is 2.92. The zero-order valence-electron chi connectivity index (χ0n) is 10.9. The van der Waals surface area contributed by atoms with E-state index in [2.05, 4.69) is 15.5 Å². The fourth-order valence-electron chi connectivity index (χ4n) is 2.00. The third-order valence-electron chi connectivity index (χ3n) is 3.07. The molecule has 106 valence electrons. The molecule has 5 nitrogen and oxygen atoms in total. The first-order chi connectivity index (χ1) is 10.1. The first kappa shape index (κ1) is 13.9. The fraction of sp³-hybridized carbons (Fsp3) is 0.0714. The van der Waals surface area contributed by atoms with Gasteiger partial charge >= 0.3 is 0 Å². The maximum Gasteiger partial charge on any atom is 0.184 e. The smallest absolute Gasteiger partial charge is 0.184 e. The lowest BCUT2D eigenvalue weighted by molar-refractivity contribution is 0.653. The van der Waals surface area contributed by atoms with Crippen molar-refractivity contribution < 1.29 is 0 Å². The second kappa shape index (κ2) is 5.71. The van der Waals surface area contributed by atoms with E-state index < -0.39 is 0 Å². The number of nitrogen functional groups attached to an aromatic ring is 1. The maximum absolute atomic E-state index is 6.04. The van der Waals surface area contributed by atoms with Crippen LogP contribution in [-0.2, 0) is 6.54 Å². The van der Waals surface area contributed by atoms with Gasteiger partial charge in [-0.25, -0.2) is 4.68 Å². The Morgan fingerprint density at radius 1 is 1.05 bits per heavy atom. The highest BCUT2D eigenvalue weighted by Gasteiger charge is 2.13. The van der Waals surface area contributed by atoms with Crippen LogP contribution in [0.1, 0.15) is 5.56 Å². The fourth-order valence-corrected chi connectivity index (χ4v) is 2.30. The number of aromatic nitrogens is 4. The normalized spacial score (nSPS) is 10.8. The first-order valence-electron chi connectivity index (χ1n) is 6.20. The molecule has 0 amide bonds. The molecule has 0 aliphatic carbocycles. The first-order valence-corrected chi connectivity index (χ1v) is 6.95. The lowest BCUT2D eigenvalue weighted by Gasteiger charge is -2.08. The van der Waals surface area contributed by atoms with Crippen LogP contribution in [0, 0.1) is 0 Å². The van der Waals surface area contributed by atoms with E-state index in [-0.39, 0.29) is 0 Å². The SMILES string of the molecule is Nc1c(Cl)cccc1-c1nnnn1Cc1ccc(Cl)cc1. The molecule has 3 rings (SSSR count). The molecule has 2 N–H and O–H groups in total. The Kier molecular flexibility index (Phi) is 3.77. The second-order valence-electron chi connectivity index (χ2n) is 4.49. The predicted molar refractivity (Wildman–Crippen MR) is 83.2 cm³/mol. The molecule has 0 atom stereocenters. The molecule has 0 saturated carbocycles. The minimum atomic E-state index is 0.464. The van der Waals surface area contributed by atoms with Gasteiger partial charge in [0.2, 0.25) is 0 Å². The van der Waals surface area contributed by atoms with E-state index in [9.17, 15) is 0 Å². The van der Waals surface area contributed by atoms with E-state index >= 15 is 0 Å². The lowest BCUT2D eigenvalue weighted by atomic mass is 10.1. The summed E-state index contributed by atoms with van der Waals surface area (Å²) in [6.07, 6.45) is 0. The van der Waals surface area contributed by atoms with Gasteiger partial charge in [-0.1, -0.05) is 41.4 Å². The highest BCUT2D eigenvalue weighted by atomic mass is 35.5. The Morgan fingerprint density at radius 2 is 1.81 bits per heavy atom. The van der Waals surface area contributed by atoms with Crippen molar-refractivity contribution in [3.63, 3.8) is 0 Å². The second-order valence-corrected chi connectivity index (χ2v) is 5.33. The molecule has 0 aliphatic heterocycles. The van der Waals surface area contributed by atoms with Gasteiger partial charge < -0.3 is 5.73 Å². The molecule has 0 spiro atoms. The number of hydrogen-bond donors (Lipinski definition) is 1. The van der Waals surface area contributed by atoms with E-state index in [0.29, 0.717) is 33.7 Å². The molecular weight excluding hydrogens is 309 g/mol. The Morgan fingerprint density at radius 3 is 2.57 bits per heavy atom. The summed E-state index contributed by atoms with van der Waals surface area (Å²) in [5.41, 5.74) is 8.21. The van der Waals surface area contributed by atoms with Crippen LogP contribution in [0.15, 0.2) is 42.5 Å². The molecule has 1 heterocycles. The zero-order valence-corrected chi connectivity index (χ0v) is 12.4. The van der Waals surface area contributed by atoms with Crippen molar-refractivity contribution in [3.05, 3.63) is 58.1 Å². The number of para-hydroxylation sites is 1. The molecule has 0 fully saturated rings. The molecule has 0 aliphatic rings. The minimum absolute atomic E-state index is 0.464. The van der Waals surface area contributed by atoms with Gasteiger partial charge in [0.25, 0.3) is 0 Å². The quantitative estimate of drug-likeness (QED) is 0.752. The van der Waals surface area contributed by atoms with E-state index in [1.165, 1.54) is 0 Å². The van der Waals surface area contributed by atoms with Gasteiger partial charge in [0.05, 0.1) is 17.3 Å². The number of nitrogens with zero attached hydrogens (tertiary/aromatic N) is 4. The third kappa shape index (κ3) is 2.84. The van der Waals surface area contributed by atoms with Crippen LogP contribution in [0.25, 0.3) is 11.4 Å². The van der Waals surface area contributed by atoms with Crippen LogP contribution in [0.4, 0.5) is 5.69 Å². The highest BCUT2D eigenvalue weighted by Crippen LogP contribution is 2.29. The van der Waals surface area contributed by atoms with Gasteiger partial charge in [0.1, 0.15) is 0 Å². The monoisotopic (exact) mass is 319 g/mol. The van der Waals surface area contributed by atoms with Gasteiger partial charge in [0.15, 0.2) is 5.82 Å². The lowest BCUT2D eigenvalue weighted by Crippen LogP contribution is -2.05. The molecule has 21 heavy (non-hydrogen) atoms. The van der Waals surface area contributed by atoms with Crippen LogP contribution in [0.5, 0.6) is 0 Å². The summed E-state index contributed by atoms with van der Waals surface area (Å²) in [5.74, 6) is 0.574. The molecule has 2 aromatic carbocycles. The summed E-state index contributed by atoms with van der Waals surface area (Å²) in [5, 5.41) is 12.9. The van der Waals surface area contributed by atoms with E-state index in [0.717, 1.165) is 5.56 Å². The topological polar surface area (TPSA) is 69.6 Å². The molecule has 0 unspecified atom stereocenters. The van der Waals surface area contributed by atoms with E-state index in [1.54, 1.807) is 10.7 Å². The largest absolute Gasteiger partial charge is 0.397 e. The van der Waals surface area contributed by atoms with Crippen LogP contribution in [-0.4, -0.2) is 20.2 Å². The van der Waals surface area contributed by atoms with Crippen molar-refractivity contribution in [3.8, 4) is 11.4 Å². The maximum atomic E-state index is 6.04. The zero-order chi connectivity index (χ0) is 14.8. The minimum Gasteiger partial charge on any atom is -0.397 e. The van der Waals surface area contributed by atoms with Crippen molar-refractivity contribution in [2.45, 2.75) is 6.54 Å². The van der Waals surface area contributed by atoms with Crippen LogP contribution >= 0.6 is 23.2 Å². The number of benzene rings is 2. The average molecular weight is 320 g/mol. The number of anilines is 1. The van der Waals surface area contributed by atoms with Gasteiger partial charge in [-0.05, 0) is 40.3 Å². The summed E-state index contributed by atoms with van der Waals surface area (Å²) in [6, 6.07) is 12.9.